The van der Waals surface area contributed by atoms with Crippen LogP contribution in [0.5, 0.6) is 11.5 Å². The van der Waals surface area contributed by atoms with Crippen molar-refractivity contribution in [2.75, 3.05) is 6.61 Å². The molecule has 0 saturated heterocycles. The van der Waals surface area contributed by atoms with E-state index in [1.807, 2.05) is 0 Å². The molecule has 0 aliphatic carbocycles. The van der Waals surface area contributed by atoms with Gasteiger partial charge in [0.1, 0.15) is 46.4 Å². The van der Waals surface area contributed by atoms with Crippen LogP contribution in [0, 0.1) is 12.8 Å². The molecular formula is C27H30O9. The molecule has 2 heterocycles. The first-order valence-electron chi connectivity index (χ1n) is 11.5. The second-order valence-electron chi connectivity index (χ2n) is 9.96. The highest BCUT2D eigenvalue weighted by Crippen LogP contribution is 2.46. The third-order valence-corrected chi connectivity index (χ3v) is 6.62. The zero-order valence-electron chi connectivity index (χ0n) is 20.8. The van der Waals surface area contributed by atoms with Crippen LogP contribution in [-0.4, -0.2) is 44.7 Å². The number of carbonyl (C=O) groups is 1. The number of rotatable bonds is 5. The molecule has 1 aliphatic heterocycles. The Bertz CT molecular complexity index is 1440. The van der Waals surface area contributed by atoms with E-state index >= 15 is 0 Å². The highest BCUT2D eigenvalue weighted by Gasteiger charge is 2.39. The van der Waals surface area contributed by atoms with Gasteiger partial charge in [-0.25, -0.2) is 0 Å². The predicted molar refractivity (Wildman–Crippen MR) is 132 cm³/mol. The van der Waals surface area contributed by atoms with Crippen molar-refractivity contribution in [1.82, 2.24) is 0 Å². The number of ether oxygens (including phenoxy) is 2. The standard InChI is InChI=1S/C27H30O9/c1-11(2)15-10-34-23-12(3)9-17-19(20(23)25(15)35-13(4)28)22(31)18-16(29)8-7-14(24(18)36-17)21(30)26(32)27(5,6)33/h7-9,15,21,25-26,29-30,32-33H,1,10H2,2-6H3/t15-,21-,25-,26-/m1/s1. The molecule has 0 radical (unpaired) electrons. The molecule has 0 unspecified atom stereocenters. The topological polar surface area (TPSA) is 147 Å². The van der Waals surface area contributed by atoms with E-state index in [4.69, 9.17) is 13.9 Å². The van der Waals surface area contributed by atoms with Crippen molar-refractivity contribution in [2.45, 2.75) is 58.5 Å². The van der Waals surface area contributed by atoms with Crippen LogP contribution >= 0.6 is 0 Å². The Balaban J connectivity index is 2.10. The van der Waals surface area contributed by atoms with Gasteiger partial charge in [0, 0.05) is 12.5 Å². The van der Waals surface area contributed by atoms with Gasteiger partial charge in [-0.2, -0.15) is 0 Å². The summed E-state index contributed by atoms with van der Waals surface area (Å²) in [4.78, 5) is 25.9. The maximum atomic E-state index is 13.9. The molecule has 0 spiro atoms. The molecule has 0 fully saturated rings. The van der Waals surface area contributed by atoms with Crippen LogP contribution in [0.25, 0.3) is 21.9 Å². The fourth-order valence-electron chi connectivity index (χ4n) is 4.70. The number of benzene rings is 2. The van der Waals surface area contributed by atoms with Gasteiger partial charge in [0.2, 0.25) is 5.43 Å². The third kappa shape index (κ3) is 4.13. The van der Waals surface area contributed by atoms with Gasteiger partial charge in [-0.1, -0.05) is 12.2 Å². The lowest BCUT2D eigenvalue weighted by Crippen LogP contribution is -2.40. The predicted octanol–water partition coefficient (Wildman–Crippen LogP) is 3.31. The molecule has 1 aromatic heterocycles. The van der Waals surface area contributed by atoms with Gasteiger partial charge in [-0.3, -0.25) is 9.59 Å². The molecule has 0 bridgehead atoms. The molecule has 4 rings (SSSR count). The summed E-state index contributed by atoms with van der Waals surface area (Å²) >= 11 is 0. The largest absolute Gasteiger partial charge is 0.507 e. The molecular weight excluding hydrogens is 468 g/mol. The molecule has 0 amide bonds. The Kier molecular flexibility index (Phi) is 6.36. The number of esters is 1. The first-order valence-corrected chi connectivity index (χ1v) is 11.5. The molecule has 192 valence electrons. The molecule has 3 aromatic rings. The third-order valence-electron chi connectivity index (χ3n) is 6.62. The van der Waals surface area contributed by atoms with Gasteiger partial charge in [0.15, 0.2) is 0 Å². The fourth-order valence-corrected chi connectivity index (χ4v) is 4.70. The highest BCUT2D eigenvalue weighted by atomic mass is 16.6. The summed E-state index contributed by atoms with van der Waals surface area (Å²) in [6.45, 7) is 11.6. The molecule has 1 aliphatic rings. The number of aliphatic hydroxyl groups excluding tert-OH is 2. The van der Waals surface area contributed by atoms with E-state index in [-0.39, 0.29) is 34.1 Å². The minimum atomic E-state index is -1.66. The number of hydrogen-bond acceptors (Lipinski definition) is 9. The lowest BCUT2D eigenvalue weighted by Gasteiger charge is -2.34. The number of carbonyl (C=O) groups excluding carboxylic acids is 1. The fraction of sp³-hybridized carbons (Fsp3) is 0.407. The first-order chi connectivity index (χ1) is 16.7. The Morgan fingerprint density at radius 3 is 2.47 bits per heavy atom. The Labute approximate surface area is 207 Å². The second kappa shape index (κ2) is 8.92. The van der Waals surface area contributed by atoms with E-state index in [0.29, 0.717) is 22.4 Å². The monoisotopic (exact) mass is 498 g/mol. The molecule has 2 aromatic carbocycles. The maximum absolute atomic E-state index is 13.9. The van der Waals surface area contributed by atoms with Crippen LogP contribution in [0.1, 0.15) is 56.6 Å². The number of aromatic hydroxyl groups is 1. The summed E-state index contributed by atoms with van der Waals surface area (Å²) in [5.41, 5.74) is -0.672. The highest BCUT2D eigenvalue weighted by molar-refractivity contribution is 5.97. The number of aryl methyl sites for hydroxylation is 1. The maximum Gasteiger partial charge on any atom is 0.303 e. The number of fused-ring (bicyclic) bond motifs is 4. The number of hydrogen-bond donors (Lipinski definition) is 4. The Hall–Kier alpha value is -3.40. The van der Waals surface area contributed by atoms with E-state index in [9.17, 15) is 30.0 Å². The molecule has 9 heteroatoms. The minimum absolute atomic E-state index is 0.0133. The van der Waals surface area contributed by atoms with Gasteiger partial charge in [0.25, 0.3) is 0 Å². The van der Waals surface area contributed by atoms with Crippen molar-refractivity contribution in [3.63, 3.8) is 0 Å². The van der Waals surface area contributed by atoms with E-state index < -0.39 is 47.0 Å². The molecule has 9 nitrogen and oxygen atoms in total. The van der Waals surface area contributed by atoms with Crippen LogP contribution in [-0.2, 0) is 9.53 Å². The van der Waals surface area contributed by atoms with Gasteiger partial charge in [0.05, 0.1) is 29.1 Å². The van der Waals surface area contributed by atoms with Gasteiger partial charge in [-0.05, 0) is 51.5 Å². The van der Waals surface area contributed by atoms with Crippen molar-refractivity contribution in [3.8, 4) is 11.5 Å². The summed E-state index contributed by atoms with van der Waals surface area (Å²) in [6.07, 6.45) is -4.12. The molecule has 4 atom stereocenters. The SMILES string of the molecule is C=C(C)[C@H]1COc2c(C)cc3oc4c([C@@H](O)[C@@H](O)C(C)(C)O)ccc(O)c4c(=O)c3c2[C@@H]1OC(C)=O. The van der Waals surface area contributed by atoms with E-state index in [1.54, 1.807) is 19.9 Å². The van der Waals surface area contributed by atoms with Crippen LogP contribution in [0.3, 0.4) is 0 Å². The van der Waals surface area contributed by atoms with E-state index in [1.165, 1.54) is 32.9 Å². The molecule has 36 heavy (non-hydrogen) atoms. The van der Waals surface area contributed by atoms with Gasteiger partial charge < -0.3 is 34.3 Å². The van der Waals surface area contributed by atoms with Crippen LogP contribution in [0.15, 0.2) is 39.6 Å². The van der Waals surface area contributed by atoms with Gasteiger partial charge in [-0.15, -0.1) is 0 Å². The second-order valence-corrected chi connectivity index (χ2v) is 9.96. The summed E-state index contributed by atoms with van der Waals surface area (Å²) in [7, 11) is 0. The van der Waals surface area contributed by atoms with Crippen molar-refractivity contribution in [1.29, 1.82) is 0 Å². The molecule has 4 N–H and O–H groups in total. The van der Waals surface area contributed by atoms with Gasteiger partial charge >= 0.3 is 5.97 Å². The van der Waals surface area contributed by atoms with E-state index in [2.05, 4.69) is 6.58 Å². The number of aliphatic hydroxyl groups is 3. The zero-order valence-corrected chi connectivity index (χ0v) is 20.8. The summed E-state index contributed by atoms with van der Waals surface area (Å²) < 4.78 is 17.7. The van der Waals surface area contributed by atoms with Crippen molar-refractivity contribution >= 4 is 27.9 Å². The van der Waals surface area contributed by atoms with Crippen molar-refractivity contribution in [2.24, 2.45) is 5.92 Å². The zero-order chi connectivity index (χ0) is 26.7. The Morgan fingerprint density at radius 1 is 1.22 bits per heavy atom. The molecule has 0 saturated carbocycles. The quantitative estimate of drug-likeness (QED) is 0.236. The van der Waals surface area contributed by atoms with Crippen molar-refractivity contribution in [3.05, 3.63) is 57.3 Å². The van der Waals surface area contributed by atoms with E-state index in [0.717, 1.165) is 0 Å². The minimum Gasteiger partial charge on any atom is -0.507 e. The summed E-state index contributed by atoms with van der Waals surface area (Å²) in [5, 5.41) is 42.0. The number of phenols is 1. The van der Waals surface area contributed by atoms with Crippen LogP contribution < -0.4 is 10.2 Å². The number of phenolic OH excluding ortho intramolecular Hbond substituents is 1. The average molecular weight is 499 g/mol. The first kappa shape index (κ1) is 25.7. The van der Waals surface area contributed by atoms with Crippen LogP contribution in [0.2, 0.25) is 0 Å². The normalized spacial score (nSPS) is 19.4. The average Bonchev–Trinajstić information content (AvgIpc) is 2.77. The summed E-state index contributed by atoms with van der Waals surface area (Å²) in [5.74, 6) is -0.995. The summed E-state index contributed by atoms with van der Waals surface area (Å²) in [6, 6.07) is 4.12. The lowest BCUT2D eigenvalue weighted by atomic mass is 9.85. The van der Waals surface area contributed by atoms with Crippen molar-refractivity contribution < 1.29 is 39.1 Å². The van der Waals surface area contributed by atoms with Crippen LogP contribution in [0.4, 0.5) is 0 Å². The lowest BCUT2D eigenvalue weighted by molar-refractivity contribution is -0.150. The Morgan fingerprint density at radius 2 is 1.89 bits per heavy atom. The smallest absolute Gasteiger partial charge is 0.303 e.